The van der Waals surface area contributed by atoms with Gasteiger partial charge in [0.1, 0.15) is 5.03 Å². The van der Waals surface area contributed by atoms with Crippen LogP contribution in [0.15, 0.2) is 53.6 Å². The number of methoxy groups -OCH3 is 1. The topological polar surface area (TPSA) is 35.0 Å². The van der Waals surface area contributed by atoms with Gasteiger partial charge in [-0.25, -0.2) is 14.4 Å². The normalized spacial score (nSPS) is 11.5. The zero-order valence-corrected chi connectivity index (χ0v) is 15.9. The van der Waals surface area contributed by atoms with Gasteiger partial charge < -0.3 is 4.74 Å². The number of halogens is 4. The van der Waals surface area contributed by atoms with E-state index in [0.29, 0.717) is 27.9 Å². The third kappa shape index (κ3) is 4.81. The van der Waals surface area contributed by atoms with Crippen LogP contribution in [0.4, 0.5) is 17.6 Å². The molecule has 28 heavy (non-hydrogen) atoms. The van der Waals surface area contributed by atoms with E-state index in [1.54, 1.807) is 25.1 Å². The summed E-state index contributed by atoms with van der Waals surface area (Å²) in [4.78, 5) is 8.72. The molecule has 0 saturated carbocycles. The van der Waals surface area contributed by atoms with Crippen molar-refractivity contribution in [2.75, 3.05) is 7.11 Å². The van der Waals surface area contributed by atoms with Gasteiger partial charge in [-0.15, -0.1) is 11.8 Å². The van der Waals surface area contributed by atoms with Gasteiger partial charge in [0.05, 0.1) is 12.7 Å². The van der Waals surface area contributed by atoms with Crippen molar-refractivity contribution in [3.05, 3.63) is 71.2 Å². The van der Waals surface area contributed by atoms with Crippen LogP contribution in [0.3, 0.4) is 0 Å². The Labute approximate surface area is 163 Å². The maximum atomic E-state index is 13.8. The van der Waals surface area contributed by atoms with Crippen molar-refractivity contribution in [1.82, 2.24) is 9.97 Å². The number of rotatable bonds is 5. The Kier molecular flexibility index (Phi) is 5.88. The first kappa shape index (κ1) is 20.1. The lowest BCUT2D eigenvalue weighted by atomic mass is 10.1. The van der Waals surface area contributed by atoms with Crippen LogP contribution in [0.5, 0.6) is 5.75 Å². The molecule has 0 amide bonds. The summed E-state index contributed by atoms with van der Waals surface area (Å²) in [5.74, 6) is 0.558. The number of alkyl halides is 3. The van der Waals surface area contributed by atoms with E-state index in [9.17, 15) is 17.6 Å². The molecule has 0 atom stereocenters. The molecule has 0 aliphatic heterocycles. The highest BCUT2D eigenvalue weighted by molar-refractivity contribution is 7.98. The van der Waals surface area contributed by atoms with E-state index in [4.69, 9.17) is 4.74 Å². The fourth-order valence-electron chi connectivity index (χ4n) is 2.51. The summed E-state index contributed by atoms with van der Waals surface area (Å²) in [6, 6.07) is 11.2. The quantitative estimate of drug-likeness (QED) is 0.299. The van der Waals surface area contributed by atoms with Gasteiger partial charge in [-0.05, 0) is 42.8 Å². The molecule has 0 unspecified atom stereocenters. The minimum Gasteiger partial charge on any atom is -0.494 e. The zero-order valence-electron chi connectivity index (χ0n) is 15.0. The van der Waals surface area contributed by atoms with Gasteiger partial charge in [0.2, 0.25) is 0 Å². The number of ether oxygens (including phenoxy) is 1. The Hall–Kier alpha value is -2.61. The molecule has 2 aromatic carbocycles. The molecule has 0 aliphatic carbocycles. The van der Waals surface area contributed by atoms with Crippen LogP contribution in [0.1, 0.15) is 16.8 Å². The molecule has 1 heterocycles. The molecule has 3 aromatic rings. The third-order valence-corrected chi connectivity index (χ3v) is 4.89. The van der Waals surface area contributed by atoms with Crippen molar-refractivity contribution in [3.8, 4) is 17.1 Å². The molecule has 3 nitrogen and oxygen atoms in total. The summed E-state index contributed by atoms with van der Waals surface area (Å²) in [5.41, 5.74) is 1.22. The van der Waals surface area contributed by atoms with Gasteiger partial charge in [0, 0.05) is 17.0 Å². The minimum atomic E-state index is -4.39. The zero-order chi connectivity index (χ0) is 20.3. The van der Waals surface area contributed by atoms with E-state index in [-0.39, 0.29) is 5.75 Å². The van der Waals surface area contributed by atoms with Crippen molar-refractivity contribution in [2.24, 2.45) is 0 Å². The molecule has 0 saturated heterocycles. The van der Waals surface area contributed by atoms with E-state index in [1.807, 2.05) is 0 Å². The van der Waals surface area contributed by atoms with Gasteiger partial charge in [0.25, 0.3) is 0 Å². The van der Waals surface area contributed by atoms with Gasteiger partial charge in [0.15, 0.2) is 17.4 Å². The largest absolute Gasteiger partial charge is 0.494 e. The van der Waals surface area contributed by atoms with E-state index in [2.05, 4.69) is 9.97 Å². The fraction of sp³-hybridized carbons (Fsp3) is 0.200. The maximum absolute atomic E-state index is 13.8. The number of thioether (sulfide) groups is 1. The standard InChI is InChI=1S/C20H16F4N2OS/c1-12-9-18(28-11-13-3-8-17(27-2)16(21)10-13)26-19(25-12)14-4-6-15(7-5-14)20(22,23)24/h3-10H,11H2,1-2H3. The Bertz CT molecular complexity index is 975. The van der Waals surface area contributed by atoms with Gasteiger partial charge in [-0.3, -0.25) is 0 Å². The predicted molar refractivity (Wildman–Crippen MR) is 99.7 cm³/mol. The maximum Gasteiger partial charge on any atom is 0.416 e. The highest BCUT2D eigenvalue weighted by atomic mass is 32.2. The van der Waals surface area contributed by atoms with Gasteiger partial charge in [-0.2, -0.15) is 13.2 Å². The van der Waals surface area contributed by atoms with Crippen LogP contribution in [0.2, 0.25) is 0 Å². The summed E-state index contributed by atoms with van der Waals surface area (Å²) in [7, 11) is 1.40. The smallest absolute Gasteiger partial charge is 0.416 e. The van der Waals surface area contributed by atoms with E-state index in [0.717, 1.165) is 17.7 Å². The molecular formula is C20H16F4N2OS. The lowest BCUT2D eigenvalue weighted by Gasteiger charge is -2.09. The summed E-state index contributed by atoms with van der Waals surface area (Å²) < 4.78 is 56.9. The average molecular weight is 408 g/mol. The fourth-order valence-corrected chi connectivity index (χ4v) is 3.41. The molecule has 8 heteroatoms. The number of nitrogens with zero attached hydrogens (tertiary/aromatic N) is 2. The number of hydrogen-bond donors (Lipinski definition) is 0. The molecule has 0 radical (unpaired) electrons. The van der Waals surface area contributed by atoms with E-state index in [1.165, 1.54) is 37.1 Å². The van der Waals surface area contributed by atoms with Crippen LogP contribution in [-0.2, 0) is 11.9 Å². The second-order valence-corrected chi connectivity index (χ2v) is 7.00. The third-order valence-electron chi connectivity index (χ3n) is 3.90. The number of benzene rings is 2. The van der Waals surface area contributed by atoms with Crippen LogP contribution >= 0.6 is 11.8 Å². The lowest BCUT2D eigenvalue weighted by molar-refractivity contribution is -0.137. The Balaban J connectivity index is 1.79. The second kappa shape index (κ2) is 8.18. The average Bonchev–Trinajstić information content (AvgIpc) is 2.65. The number of aryl methyl sites for hydroxylation is 1. The van der Waals surface area contributed by atoms with Crippen molar-refractivity contribution in [1.29, 1.82) is 0 Å². The van der Waals surface area contributed by atoms with Crippen molar-refractivity contribution < 1.29 is 22.3 Å². The number of hydrogen-bond acceptors (Lipinski definition) is 4. The molecule has 0 N–H and O–H groups in total. The SMILES string of the molecule is COc1ccc(CSc2cc(C)nc(-c3ccc(C(F)(F)F)cc3)n2)cc1F. The van der Waals surface area contributed by atoms with Crippen molar-refractivity contribution >= 4 is 11.8 Å². The molecule has 0 fully saturated rings. The van der Waals surface area contributed by atoms with Crippen molar-refractivity contribution in [2.45, 2.75) is 23.9 Å². The van der Waals surface area contributed by atoms with Gasteiger partial charge >= 0.3 is 6.18 Å². The highest BCUT2D eigenvalue weighted by Gasteiger charge is 2.30. The molecule has 146 valence electrons. The second-order valence-electron chi connectivity index (χ2n) is 6.00. The van der Waals surface area contributed by atoms with Crippen LogP contribution < -0.4 is 4.74 Å². The molecular weight excluding hydrogens is 392 g/mol. The molecule has 0 aliphatic rings. The first-order valence-corrected chi connectivity index (χ1v) is 9.23. The van der Waals surface area contributed by atoms with Crippen LogP contribution in [0.25, 0.3) is 11.4 Å². The van der Waals surface area contributed by atoms with Crippen LogP contribution in [0, 0.1) is 12.7 Å². The number of aromatic nitrogens is 2. The predicted octanol–water partition coefficient (Wildman–Crippen LogP) is 5.91. The Morgan fingerprint density at radius 3 is 2.32 bits per heavy atom. The molecule has 3 rings (SSSR count). The van der Waals surface area contributed by atoms with E-state index >= 15 is 0 Å². The molecule has 1 aromatic heterocycles. The minimum absolute atomic E-state index is 0.177. The Morgan fingerprint density at radius 1 is 1.00 bits per heavy atom. The van der Waals surface area contributed by atoms with Gasteiger partial charge in [-0.1, -0.05) is 18.2 Å². The summed E-state index contributed by atoms with van der Waals surface area (Å²) in [5, 5.41) is 0.652. The Morgan fingerprint density at radius 2 is 1.71 bits per heavy atom. The van der Waals surface area contributed by atoms with Crippen molar-refractivity contribution in [3.63, 3.8) is 0 Å². The monoisotopic (exact) mass is 408 g/mol. The first-order chi connectivity index (χ1) is 13.3. The first-order valence-electron chi connectivity index (χ1n) is 8.25. The summed E-state index contributed by atoms with van der Waals surface area (Å²) in [6.45, 7) is 1.78. The highest BCUT2D eigenvalue weighted by Crippen LogP contribution is 2.31. The summed E-state index contributed by atoms with van der Waals surface area (Å²) >= 11 is 1.39. The van der Waals surface area contributed by atoms with Crippen LogP contribution in [-0.4, -0.2) is 17.1 Å². The lowest BCUT2D eigenvalue weighted by Crippen LogP contribution is -2.04. The van der Waals surface area contributed by atoms with E-state index < -0.39 is 17.6 Å². The molecule has 0 spiro atoms. The molecule has 0 bridgehead atoms. The summed E-state index contributed by atoms with van der Waals surface area (Å²) in [6.07, 6.45) is -4.39.